The number of ether oxygens (including phenoxy) is 1. The van der Waals surface area contributed by atoms with Crippen LogP contribution in [0.15, 0.2) is 42.7 Å². The molecule has 0 spiro atoms. The molecule has 3 aliphatic rings. The van der Waals surface area contributed by atoms with Gasteiger partial charge in [-0.1, -0.05) is 18.2 Å². The van der Waals surface area contributed by atoms with Gasteiger partial charge in [-0.3, -0.25) is 4.57 Å². The van der Waals surface area contributed by atoms with Crippen LogP contribution in [-0.4, -0.2) is 48.3 Å². The molecule has 1 amide bonds. The zero-order valence-electron chi connectivity index (χ0n) is 13.9. The van der Waals surface area contributed by atoms with Gasteiger partial charge in [0.15, 0.2) is 0 Å². The number of carbonyl (C=O) groups excluding carboxylic acids is 1. The number of piperidine rings is 3. The van der Waals surface area contributed by atoms with Crippen molar-refractivity contribution in [3.63, 3.8) is 0 Å². The minimum Gasteiger partial charge on any atom is -0.496 e. The summed E-state index contributed by atoms with van der Waals surface area (Å²) in [5, 5.41) is 3.21. The molecule has 3 fully saturated rings. The first-order chi connectivity index (χ1) is 11.7. The van der Waals surface area contributed by atoms with Crippen molar-refractivity contribution in [3.8, 4) is 16.9 Å². The maximum absolute atomic E-state index is 12.6. The van der Waals surface area contributed by atoms with E-state index in [1.165, 1.54) is 25.9 Å². The highest BCUT2D eigenvalue weighted by atomic mass is 16.5. The van der Waals surface area contributed by atoms with Crippen molar-refractivity contribution in [2.24, 2.45) is 5.92 Å². The topological polar surface area (TPSA) is 46.5 Å². The van der Waals surface area contributed by atoms with Gasteiger partial charge in [0.1, 0.15) is 5.75 Å². The molecule has 1 aromatic heterocycles. The fraction of sp³-hybridized carbons (Fsp3) is 0.421. The van der Waals surface area contributed by atoms with E-state index in [9.17, 15) is 4.79 Å². The van der Waals surface area contributed by atoms with Gasteiger partial charge in [-0.25, -0.2) is 4.79 Å². The van der Waals surface area contributed by atoms with Gasteiger partial charge in [0, 0.05) is 36.1 Å². The Bertz CT molecular complexity index is 732. The lowest BCUT2D eigenvalue weighted by Crippen LogP contribution is -2.57. The Hall–Kier alpha value is -2.27. The quantitative estimate of drug-likeness (QED) is 0.944. The van der Waals surface area contributed by atoms with Crippen LogP contribution in [0.4, 0.5) is 4.79 Å². The SMILES string of the molecule is COc1ccccc1-c1ccn(C(=O)N[C@H]2CN3CCC2CC3)c1. The van der Waals surface area contributed by atoms with E-state index in [1.807, 2.05) is 42.7 Å². The van der Waals surface area contributed by atoms with E-state index in [4.69, 9.17) is 4.74 Å². The Balaban J connectivity index is 1.49. The van der Waals surface area contributed by atoms with E-state index < -0.39 is 0 Å². The highest BCUT2D eigenvalue weighted by molar-refractivity contribution is 5.80. The van der Waals surface area contributed by atoms with E-state index in [-0.39, 0.29) is 12.1 Å². The molecule has 3 saturated heterocycles. The summed E-state index contributed by atoms with van der Waals surface area (Å²) in [4.78, 5) is 15.0. The van der Waals surface area contributed by atoms with Gasteiger partial charge in [0.25, 0.3) is 0 Å². The molecule has 1 N–H and O–H groups in total. The van der Waals surface area contributed by atoms with Gasteiger partial charge in [-0.2, -0.15) is 0 Å². The molecule has 4 heterocycles. The number of methoxy groups -OCH3 is 1. The fourth-order valence-corrected chi connectivity index (χ4v) is 3.93. The normalized spacial score (nSPS) is 25.5. The van der Waals surface area contributed by atoms with E-state index >= 15 is 0 Å². The van der Waals surface area contributed by atoms with Gasteiger partial charge in [0.2, 0.25) is 0 Å². The summed E-state index contributed by atoms with van der Waals surface area (Å²) in [6.45, 7) is 3.34. The summed E-state index contributed by atoms with van der Waals surface area (Å²) < 4.78 is 7.05. The second-order valence-corrected chi connectivity index (χ2v) is 6.70. The van der Waals surface area contributed by atoms with Crippen LogP contribution in [0.2, 0.25) is 0 Å². The van der Waals surface area contributed by atoms with Gasteiger partial charge in [0.05, 0.1) is 7.11 Å². The summed E-state index contributed by atoms with van der Waals surface area (Å²) >= 11 is 0. The van der Waals surface area contributed by atoms with Gasteiger partial charge in [-0.05, 0) is 44.0 Å². The third-order valence-electron chi connectivity index (χ3n) is 5.31. The number of fused-ring (bicyclic) bond motifs is 3. The van der Waals surface area contributed by atoms with Crippen molar-refractivity contribution >= 4 is 6.03 Å². The maximum atomic E-state index is 12.6. The van der Waals surface area contributed by atoms with Crippen molar-refractivity contribution in [1.29, 1.82) is 0 Å². The largest absolute Gasteiger partial charge is 0.496 e. The van der Waals surface area contributed by atoms with Crippen molar-refractivity contribution in [3.05, 3.63) is 42.7 Å². The molecule has 5 heteroatoms. The molecule has 1 aromatic carbocycles. The van der Waals surface area contributed by atoms with Crippen LogP contribution in [0.5, 0.6) is 5.75 Å². The lowest BCUT2D eigenvalue weighted by Gasteiger charge is -2.44. The Morgan fingerprint density at radius 3 is 2.71 bits per heavy atom. The first-order valence-electron chi connectivity index (χ1n) is 8.59. The molecule has 0 aliphatic carbocycles. The molecule has 1 atom stereocenters. The molecule has 0 saturated carbocycles. The molecule has 0 unspecified atom stereocenters. The molecule has 2 bridgehead atoms. The number of para-hydroxylation sites is 1. The minimum atomic E-state index is -0.0464. The fourth-order valence-electron chi connectivity index (χ4n) is 3.93. The Labute approximate surface area is 142 Å². The molecule has 2 aromatic rings. The third-order valence-corrected chi connectivity index (χ3v) is 5.31. The van der Waals surface area contributed by atoms with Gasteiger partial charge < -0.3 is 15.0 Å². The smallest absolute Gasteiger partial charge is 0.325 e. The first kappa shape index (κ1) is 15.3. The summed E-state index contributed by atoms with van der Waals surface area (Å²) in [7, 11) is 1.66. The summed E-state index contributed by atoms with van der Waals surface area (Å²) in [5.74, 6) is 1.44. The molecular weight excluding hydrogens is 302 g/mol. The highest BCUT2D eigenvalue weighted by Crippen LogP contribution is 2.30. The van der Waals surface area contributed by atoms with Crippen LogP contribution in [0.1, 0.15) is 12.8 Å². The van der Waals surface area contributed by atoms with E-state index in [0.717, 1.165) is 23.4 Å². The predicted molar refractivity (Wildman–Crippen MR) is 93.3 cm³/mol. The maximum Gasteiger partial charge on any atom is 0.325 e. The molecule has 5 nitrogen and oxygen atoms in total. The number of hydrogen-bond acceptors (Lipinski definition) is 3. The lowest BCUT2D eigenvalue weighted by atomic mass is 9.84. The Morgan fingerprint density at radius 2 is 2.00 bits per heavy atom. The number of benzene rings is 1. The number of nitrogens with zero attached hydrogens (tertiary/aromatic N) is 2. The number of amides is 1. The number of hydrogen-bond donors (Lipinski definition) is 1. The van der Waals surface area contributed by atoms with Crippen LogP contribution in [0, 0.1) is 5.92 Å². The zero-order valence-corrected chi connectivity index (χ0v) is 13.9. The summed E-state index contributed by atoms with van der Waals surface area (Å²) in [6.07, 6.45) is 6.08. The van der Waals surface area contributed by atoms with Crippen LogP contribution in [0.25, 0.3) is 11.1 Å². The third kappa shape index (κ3) is 2.80. The average molecular weight is 325 g/mol. The van der Waals surface area contributed by atoms with Crippen molar-refractivity contribution < 1.29 is 9.53 Å². The average Bonchev–Trinajstić information content (AvgIpc) is 3.13. The second kappa shape index (κ2) is 6.32. The van der Waals surface area contributed by atoms with Gasteiger partial charge >= 0.3 is 6.03 Å². The van der Waals surface area contributed by atoms with Crippen molar-refractivity contribution in [1.82, 2.24) is 14.8 Å². The minimum absolute atomic E-state index is 0.0464. The van der Waals surface area contributed by atoms with Crippen LogP contribution in [-0.2, 0) is 0 Å². The number of rotatable bonds is 3. The second-order valence-electron chi connectivity index (χ2n) is 6.70. The molecular formula is C19H23N3O2. The molecule has 0 radical (unpaired) electrons. The number of carbonyl (C=O) groups is 1. The van der Waals surface area contributed by atoms with Crippen LogP contribution < -0.4 is 10.1 Å². The zero-order chi connectivity index (χ0) is 16.5. The Kier molecular flexibility index (Phi) is 4.02. The monoisotopic (exact) mass is 325 g/mol. The van der Waals surface area contributed by atoms with Crippen LogP contribution in [0.3, 0.4) is 0 Å². The standard InChI is InChI=1S/C19H23N3O2/c1-24-18-5-3-2-4-16(18)15-8-11-22(12-15)19(23)20-17-13-21-9-6-14(17)7-10-21/h2-5,8,11-12,14,17H,6-7,9-10,13H2,1H3,(H,20,23)/t17-/m0/s1. The highest BCUT2D eigenvalue weighted by Gasteiger charge is 2.35. The summed E-state index contributed by atoms with van der Waals surface area (Å²) in [5.41, 5.74) is 1.98. The predicted octanol–water partition coefficient (Wildman–Crippen LogP) is 2.82. The van der Waals surface area contributed by atoms with E-state index in [0.29, 0.717) is 5.92 Å². The van der Waals surface area contributed by atoms with E-state index in [2.05, 4.69) is 10.2 Å². The lowest BCUT2D eigenvalue weighted by molar-refractivity contribution is 0.0767. The molecule has 3 aliphatic heterocycles. The Morgan fingerprint density at radius 1 is 1.21 bits per heavy atom. The van der Waals surface area contributed by atoms with E-state index in [1.54, 1.807) is 11.7 Å². The van der Waals surface area contributed by atoms with Crippen LogP contribution >= 0.6 is 0 Å². The first-order valence-corrected chi connectivity index (χ1v) is 8.59. The van der Waals surface area contributed by atoms with Gasteiger partial charge in [-0.15, -0.1) is 0 Å². The molecule has 5 rings (SSSR count). The molecule has 24 heavy (non-hydrogen) atoms. The summed E-state index contributed by atoms with van der Waals surface area (Å²) in [6, 6.07) is 10.0. The number of nitrogens with one attached hydrogen (secondary N) is 1. The van der Waals surface area contributed by atoms with Crippen molar-refractivity contribution in [2.45, 2.75) is 18.9 Å². The molecule has 126 valence electrons. The van der Waals surface area contributed by atoms with Crippen molar-refractivity contribution in [2.75, 3.05) is 26.7 Å². The number of aromatic nitrogens is 1.